The number of methoxy groups -OCH3 is 1. The van der Waals surface area contributed by atoms with Crippen LogP contribution in [0.25, 0.3) is 0 Å². The zero-order valence-corrected chi connectivity index (χ0v) is 12.1. The molecule has 1 aromatic carbocycles. The molecule has 0 aromatic heterocycles. The standard InChI is InChI=1S/C15H20N2O3/c1-10-5-6-12(11(9-10)13(18)20-3)17-14(19)15(2)7-4-8-16-15/h5-6,9,16H,4,7-8H2,1-3H3,(H,17,19). The van der Waals surface area contributed by atoms with Gasteiger partial charge in [0, 0.05) is 0 Å². The van der Waals surface area contributed by atoms with E-state index in [2.05, 4.69) is 10.6 Å². The first kappa shape index (κ1) is 14.5. The average Bonchev–Trinajstić information content (AvgIpc) is 2.88. The summed E-state index contributed by atoms with van der Waals surface area (Å²) < 4.78 is 4.76. The van der Waals surface area contributed by atoms with Crippen LogP contribution in [-0.2, 0) is 9.53 Å². The molecule has 1 atom stereocenters. The highest BCUT2D eigenvalue weighted by Gasteiger charge is 2.36. The van der Waals surface area contributed by atoms with Crippen LogP contribution in [0, 0.1) is 6.92 Å². The number of hydrogen-bond acceptors (Lipinski definition) is 4. The van der Waals surface area contributed by atoms with Gasteiger partial charge in [-0.05, 0) is 45.4 Å². The summed E-state index contributed by atoms with van der Waals surface area (Å²) >= 11 is 0. The van der Waals surface area contributed by atoms with Crippen molar-refractivity contribution in [1.29, 1.82) is 0 Å². The average molecular weight is 276 g/mol. The number of nitrogens with one attached hydrogen (secondary N) is 2. The lowest BCUT2D eigenvalue weighted by molar-refractivity contribution is -0.121. The number of anilines is 1. The summed E-state index contributed by atoms with van der Waals surface area (Å²) in [4.78, 5) is 24.1. The number of amides is 1. The fourth-order valence-electron chi connectivity index (χ4n) is 2.39. The van der Waals surface area contributed by atoms with E-state index in [9.17, 15) is 9.59 Å². The Balaban J connectivity index is 2.25. The monoisotopic (exact) mass is 276 g/mol. The van der Waals surface area contributed by atoms with Crippen LogP contribution < -0.4 is 10.6 Å². The molecule has 0 aliphatic carbocycles. The maximum Gasteiger partial charge on any atom is 0.339 e. The van der Waals surface area contributed by atoms with E-state index in [0.29, 0.717) is 11.3 Å². The molecule has 1 aliphatic heterocycles. The summed E-state index contributed by atoms with van der Waals surface area (Å²) in [6.45, 7) is 4.60. The van der Waals surface area contributed by atoms with Gasteiger partial charge in [0.2, 0.25) is 5.91 Å². The molecule has 0 bridgehead atoms. The van der Waals surface area contributed by atoms with Crippen molar-refractivity contribution in [2.75, 3.05) is 19.0 Å². The Morgan fingerprint density at radius 1 is 1.40 bits per heavy atom. The van der Waals surface area contributed by atoms with E-state index in [0.717, 1.165) is 24.9 Å². The summed E-state index contributed by atoms with van der Waals surface area (Å²) in [5.41, 5.74) is 1.23. The highest BCUT2D eigenvalue weighted by atomic mass is 16.5. The second-order valence-corrected chi connectivity index (χ2v) is 5.36. The molecular weight excluding hydrogens is 256 g/mol. The molecule has 0 spiro atoms. The maximum absolute atomic E-state index is 12.4. The molecule has 20 heavy (non-hydrogen) atoms. The van der Waals surface area contributed by atoms with Gasteiger partial charge in [-0.15, -0.1) is 0 Å². The predicted octanol–water partition coefficient (Wildman–Crippen LogP) is 1.86. The van der Waals surface area contributed by atoms with Crippen molar-refractivity contribution >= 4 is 17.6 Å². The fourth-order valence-corrected chi connectivity index (χ4v) is 2.39. The molecule has 1 aromatic rings. The summed E-state index contributed by atoms with van der Waals surface area (Å²) in [5, 5.41) is 6.03. The number of carbonyl (C=O) groups excluding carboxylic acids is 2. The zero-order valence-electron chi connectivity index (χ0n) is 12.1. The lowest BCUT2D eigenvalue weighted by Crippen LogP contribution is -2.48. The van der Waals surface area contributed by atoms with E-state index in [-0.39, 0.29) is 5.91 Å². The number of hydrogen-bond donors (Lipinski definition) is 2. The minimum absolute atomic E-state index is 0.121. The largest absolute Gasteiger partial charge is 0.465 e. The lowest BCUT2D eigenvalue weighted by atomic mass is 9.98. The predicted molar refractivity (Wildman–Crippen MR) is 76.8 cm³/mol. The van der Waals surface area contributed by atoms with Crippen molar-refractivity contribution in [2.45, 2.75) is 32.2 Å². The van der Waals surface area contributed by atoms with Gasteiger partial charge < -0.3 is 15.4 Å². The van der Waals surface area contributed by atoms with Gasteiger partial charge >= 0.3 is 5.97 Å². The molecular formula is C15H20N2O3. The normalized spacial score (nSPS) is 21.6. The van der Waals surface area contributed by atoms with Gasteiger partial charge in [-0.3, -0.25) is 4.79 Å². The van der Waals surface area contributed by atoms with Crippen molar-refractivity contribution in [1.82, 2.24) is 5.32 Å². The van der Waals surface area contributed by atoms with Gasteiger partial charge in [-0.25, -0.2) is 4.79 Å². The van der Waals surface area contributed by atoms with E-state index in [1.165, 1.54) is 7.11 Å². The first-order chi connectivity index (χ1) is 9.46. The van der Waals surface area contributed by atoms with Crippen molar-refractivity contribution in [3.05, 3.63) is 29.3 Å². The molecule has 1 aliphatic rings. The van der Waals surface area contributed by atoms with Crippen molar-refractivity contribution in [2.24, 2.45) is 0 Å². The van der Waals surface area contributed by atoms with Crippen molar-refractivity contribution in [3.63, 3.8) is 0 Å². The topological polar surface area (TPSA) is 67.4 Å². The second kappa shape index (κ2) is 5.63. The highest BCUT2D eigenvalue weighted by Crippen LogP contribution is 2.23. The smallest absolute Gasteiger partial charge is 0.339 e. The van der Waals surface area contributed by atoms with Crippen LogP contribution in [0.2, 0.25) is 0 Å². The fraction of sp³-hybridized carbons (Fsp3) is 0.467. The van der Waals surface area contributed by atoms with E-state index in [1.807, 2.05) is 19.9 Å². The minimum atomic E-state index is -0.571. The molecule has 0 saturated carbocycles. The third-order valence-corrected chi connectivity index (χ3v) is 3.70. The summed E-state index contributed by atoms with van der Waals surface area (Å²) in [6.07, 6.45) is 1.76. The summed E-state index contributed by atoms with van der Waals surface area (Å²) in [7, 11) is 1.33. The number of ether oxygens (including phenoxy) is 1. The van der Waals surface area contributed by atoms with Gasteiger partial charge in [0.05, 0.1) is 23.9 Å². The lowest BCUT2D eigenvalue weighted by Gasteiger charge is -2.23. The van der Waals surface area contributed by atoms with Crippen LogP contribution in [-0.4, -0.2) is 31.1 Å². The van der Waals surface area contributed by atoms with E-state index in [4.69, 9.17) is 4.74 Å². The number of aryl methyl sites for hydroxylation is 1. The molecule has 2 rings (SSSR count). The molecule has 1 fully saturated rings. The maximum atomic E-state index is 12.4. The van der Waals surface area contributed by atoms with Gasteiger partial charge in [0.1, 0.15) is 0 Å². The van der Waals surface area contributed by atoms with Crippen LogP contribution in [0.4, 0.5) is 5.69 Å². The minimum Gasteiger partial charge on any atom is -0.465 e. The van der Waals surface area contributed by atoms with E-state index >= 15 is 0 Å². The quantitative estimate of drug-likeness (QED) is 0.827. The van der Waals surface area contributed by atoms with Gasteiger partial charge in [-0.1, -0.05) is 11.6 Å². The first-order valence-corrected chi connectivity index (χ1v) is 6.72. The van der Waals surface area contributed by atoms with Crippen molar-refractivity contribution in [3.8, 4) is 0 Å². The molecule has 5 heteroatoms. The van der Waals surface area contributed by atoms with Crippen LogP contribution >= 0.6 is 0 Å². The van der Waals surface area contributed by atoms with E-state index < -0.39 is 11.5 Å². The van der Waals surface area contributed by atoms with Gasteiger partial charge in [0.15, 0.2) is 0 Å². The Kier molecular flexibility index (Phi) is 4.09. The Hall–Kier alpha value is -1.88. The number of carbonyl (C=O) groups is 2. The third-order valence-electron chi connectivity index (χ3n) is 3.70. The third kappa shape index (κ3) is 2.82. The number of rotatable bonds is 3. The van der Waals surface area contributed by atoms with Gasteiger partial charge in [-0.2, -0.15) is 0 Å². The molecule has 2 N–H and O–H groups in total. The zero-order chi connectivity index (χ0) is 14.8. The first-order valence-electron chi connectivity index (χ1n) is 6.72. The van der Waals surface area contributed by atoms with Crippen LogP contribution in [0.1, 0.15) is 35.7 Å². The number of esters is 1. The Labute approximate surface area is 118 Å². The molecule has 1 amide bonds. The summed E-state index contributed by atoms with van der Waals surface area (Å²) in [6, 6.07) is 5.30. The molecule has 108 valence electrons. The molecule has 1 unspecified atom stereocenters. The molecule has 1 saturated heterocycles. The van der Waals surface area contributed by atoms with Crippen LogP contribution in [0.15, 0.2) is 18.2 Å². The van der Waals surface area contributed by atoms with Gasteiger partial charge in [0.25, 0.3) is 0 Å². The highest BCUT2D eigenvalue weighted by molar-refractivity contribution is 6.04. The van der Waals surface area contributed by atoms with Crippen LogP contribution in [0.5, 0.6) is 0 Å². The number of benzene rings is 1. The SMILES string of the molecule is COC(=O)c1cc(C)ccc1NC(=O)C1(C)CCCN1. The van der Waals surface area contributed by atoms with Crippen molar-refractivity contribution < 1.29 is 14.3 Å². The molecule has 1 heterocycles. The summed E-state index contributed by atoms with van der Waals surface area (Å²) in [5.74, 6) is -0.572. The van der Waals surface area contributed by atoms with E-state index in [1.54, 1.807) is 12.1 Å². The molecule has 0 radical (unpaired) electrons. The second-order valence-electron chi connectivity index (χ2n) is 5.36. The Morgan fingerprint density at radius 3 is 2.75 bits per heavy atom. The molecule has 5 nitrogen and oxygen atoms in total. The van der Waals surface area contributed by atoms with Crippen LogP contribution in [0.3, 0.4) is 0 Å². The Bertz CT molecular complexity index is 534. The Morgan fingerprint density at radius 2 is 2.15 bits per heavy atom.